The first kappa shape index (κ1) is 16.6. The summed E-state index contributed by atoms with van der Waals surface area (Å²) in [6, 6.07) is 0. The van der Waals surface area contributed by atoms with E-state index in [1.807, 2.05) is 0 Å². The lowest BCUT2D eigenvalue weighted by molar-refractivity contribution is -0.134. The Balaban J connectivity index is 5.08. The van der Waals surface area contributed by atoms with Gasteiger partial charge in [-0.05, 0) is 13.8 Å². The van der Waals surface area contributed by atoms with Gasteiger partial charge >= 0.3 is 0 Å². The lowest BCUT2D eigenvalue weighted by atomic mass is 10.1. The van der Waals surface area contributed by atoms with Gasteiger partial charge < -0.3 is 4.90 Å². The fourth-order valence-corrected chi connectivity index (χ4v) is 1.73. The quantitative estimate of drug-likeness (QED) is 0.690. The van der Waals surface area contributed by atoms with E-state index >= 15 is 0 Å². The molecule has 0 bridgehead atoms. The summed E-state index contributed by atoms with van der Waals surface area (Å²) in [6.45, 7) is 1.46. The first-order valence-electron chi connectivity index (χ1n) is 4.87. The number of nitrogens with zero attached hydrogens (tertiary/aromatic N) is 1. The second-order valence-electron chi connectivity index (χ2n) is 4.11. The van der Waals surface area contributed by atoms with Crippen LogP contribution in [0.4, 0.5) is 8.78 Å². The first-order chi connectivity index (χ1) is 7.54. The fourth-order valence-electron chi connectivity index (χ4n) is 1.08. The molecule has 0 aromatic carbocycles. The van der Waals surface area contributed by atoms with E-state index in [1.54, 1.807) is 0 Å². The largest absolute Gasteiger partial charge is 0.334 e. The Morgan fingerprint density at radius 1 is 1.41 bits per heavy atom. The molecule has 0 spiro atoms. The molecule has 0 fully saturated rings. The second kappa shape index (κ2) is 5.95. The van der Waals surface area contributed by atoms with Gasteiger partial charge in [-0.1, -0.05) is 0 Å². The Bertz CT molecular complexity index is 370. The van der Waals surface area contributed by atoms with Gasteiger partial charge in [0.1, 0.15) is 4.75 Å². The molecule has 1 amide bonds. The Morgan fingerprint density at radius 3 is 2.18 bits per heavy atom. The zero-order valence-corrected chi connectivity index (χ0v) is 11.5. The molecule has 0 aliphatic rings. The summed E-state index contributed by atoms with van der Waals surface area (Å²) in [5.41, 5.74) is 0. The van der Waals surface area contributed by atoms with E-state index in [0.29, 0.717) is 0 Å². The molecule has 0 saturated carbocycles. The number of halogens is 3. The molecule has 4 nitrogen and oxygen atoms in total. The third-order valence-corrected chi connectivity index (χ3v) is 4.64. The van der Waals surface area contributed by atoms with Gasteiger partial charge in [0.25, 0.3) is 6.43 Å². The van der Waals surface area contributed by atoms with Crippen LogP contribution in [0.2, 0.25) is 0 Å². The molecule has 0 N–H and O–H groups in total. The number of amides is 1. The highest BCUT2D eigenvalue weighted by Crippen LogP contribution is 2.19. The molecule has 0 aromatic rings. The van der Waals surface area contributed by atoms with Gasteiger partial charge in [-0.2, -0.15) is 0 Å². The maximum Gasteiger partial charge on any atom is 0.255 e. The van der Waals surface area contributed by atoms with Crippen LogP contribution >= 0.6 is 11.6 Å². The van der Waals surface area contributed by atoms with Crippen molar-refractivity contribution in [1.82, 2.24) is 4.90 Å². The van der Waals surface area contributed by atoms with Crippen molar-refractivity contribution in [2.75, 3.05) is 25.2 Å². The van der Waals surface area contributed by atoms with Gasteiger partial charge in [0.05, 0.1) is 6.54 Å². The highest BCUT2D eigenvalue weighted by atomic mass is 35.5. The number of carbonyl (C=O) groups is 1. The fraction of sp³-hybridized carbons (Fsp3) is 0.889. The molecule has 0 aliphatic heterocycles. The third kappa shape index (κ3) is 4.39. The van der Waals surface area contributed by atoms with Crippen LogP contribution in [0.25, 0.3) is 0 Å². The normalized spacial score (nSPS) is 12.9. The van der Waals surface area contributed by atoms with E-state index in [0.717, 1.165) is 11.2 Å². The van der Waals surface area contributed by atoms with Crippen LogP contribution in [0.1, 0.15) is 13.8 Å². The van der Waals surface area contributed by atoms with Gasteiger partial charge in [0, 0.05) is 18.7 Å². The van der Waals surface area contributed by atoms with Crippen LogP contribution in [-0.2, 0) is 14.6 Å². The van der Waals surface area contributed by atoms with E-state index in [1.165, 1.54) is 13.8 Å². The van der Waals surface area contributed by atoms with E-state index in [9.17, 15) is 22.0 Å². The Morgan fingerprint density at radius 2 is 1.88 bits per heavy atom. The number of carbonyl (C=O) groups excluding carboxylic acids is 1. The Labute approximate surface area is 105 Å². The Hall–Kier alpha value is -0.430. The summed E-state index contributed by atoms with van der Waals surface area (Å²) in [4.78, 5) is 12.7. The molecular weight excluding hydrogens is 276 g/mol. The highest BCUT2D eigenvalue weighted by Gasteiger charge is 2.41. The van der Waals surface area contributed by atoms with Crippen LogP contribution in [0.5, 0.6) is 0 Å². The molecule has 17 heavy (non-hydrogen) atoms. The number of sulfone groups is 1. The van der Waals surface area contributed by atoms with Gasteiger partial charge in [0.2, 0.25) is 5.91 Å². The number of hydrogen-bond acceptors (Lipinski definition) is 3. The summed E-state index contributed by atoms with van der Waals surface area (Å²) in [5.74, 6) is -0.890. The highest BCUT2D eigenvalue weighted by molar-refractivity contribution is 7.92. The Kier molecular flexibility index (Phi) is 5.80. The molecule has 102 valence electrons. The molecule has 0 heterocycles. The van der Waals surface area contributed by atoms with E-state index in [-0.39, 0.29) is 12.4 Å². The minimum atomic E-state index is -3.68. The van der Waals surface area contributed by atoms with Crippen LogP contribution in [0.3, 0.4) is 0 Å². The SMILES string of the molecule is CC(C)(C(=O)N(CCCl)CC(F)F)S(C)(=O)=O. The molecule has 0 rings (SSSR count). The summed E-state index contributed by atoms with van der Waals surface area (Å²) in [5, 5.41) is 0. The molecule has 0 aromatic heterocycles. The van der Waals surface area contributed by atoms with E-state index in [2.05, 4.69) is 0 Å². The van der Waals surface area contributed by atoms with Crippen LogP contribution < -0.4 is 0 Å². The first-order valence-corrected chi connectivity index (χ1v) is 7.29. The summed E-state index contributed by atoms with van der Waals surface area (Å²) >= 11 is 5.40. The van der Waals surface area contributed by atoms with Gasteiger partial charge in [-0.3, -0.25) is 4.79 Å². The van der Waals surface area contributed by atoms with Crippen molar-refractivity contribution in [2.24, 2.45) is 0 Å². The third-order valence-electron chi connectivity index (χ3n) is 2.44. The van der Waals surface area contributed by atoms with Crippen LogP contribution in [0, 0.1) is 0 Å². The zero-order chi connectivity index (χ0) is 13.9. The maximum absolute atomic E-state index is 12.3. The average molecular weight is 292 g/mol. The van der Waals surface area contributed by atoms with Crippen molar-refractivity contribution in [1.29, 1.82) is 0 Å². The predicted molar refractivity (Wildman–Crippen MR) is 62.2 cm³/mol. The number of rotatable bonds is 6. The topological polar surface area (TPSA) is 54.5 Å². The summed E-state index contributed by atoms with van der Waals surface area (Å²) < 4.78 is 45.6. The lowest BCUT2D eigenvalue weighted by Gasteiger charge is -2.30. The van der Waals surface area contributed by atoms with Crippen LogP contribution in [0.15, 0.2) is 0 Å². The molecule has 0 saturated heterocycles. The standard InChI is InChI=1S/C9H16ClF2NO3S/c1-9(2,17(3,15)16)8(14)13(5-4-10)6-7(11)12/h7H,4-6H2,1-3H3. The minimum Gasteiger partial charge on any atom is -0.334 e. The smallest absolute Gasteiger partial charge is 0.255 e. The molecular formula is C9H16ClF2NO3S. The predicted octanol–water partition coefficient (Wildman–Crippen LogP) is 1.14. The van der Waals surface area contributed by atoms with Crippen molar-refractivity contribution in [3.05, 3.63) is 0 Å². The van der Waals surface area contributed by atoms with Crippen molar-refractivity contribution < 1.29 is 22.0 Å². The van der Waals surface area contributed by atoms with Gasteiger partial charge in [-0.25, -0.2) is 17.2 Å². The second-order valence-corrected chi connectivity index (χ2v) is 7.06. The molecule has 0 aliphatic carbocycles. The van der Waals surface area contributed by atoms with Crippen LogP contribution in [-0.4, -0.2) is 55.6 Å². The van der Waals surface area contributed by atoms with Gasteiger partial charge in [0.15, 0.2) is 9.84 Å². The number of hydrogen-bond donors (Lipinski definition) is 0. The molecule has 0 unspecified atom stereocenters. The zero-order valence-electron chi connectivity index (χ0n) is 9.91. The van der Waals surface area contributed by atoms with Crippen molar-refractivity contribution >= 4 is 27.3 Å². The number of alkyl halides is 3. The van der Waals surface area contributed by atoms with Crippen molar-refractivity contribution in [2.45, 2.75) is 25.0 Å². The minimum absolute atomic E-state index is 0.0295. The average Bonchev–Trinajstić information content (AvgIpc) is 2.13. The summed E-state index contributed by atoms with van der Waals surface area (Å²) in [7, 11) is -3.68. The van der Waals surface area contributed by atoms with Crippen molar-refractivity contribution in [3.8, 4) is 0 Å². The lowest BCUT2D eigenvalue weighted by Crippen LogP contribution is -2.51. The van der Waals surface area contributed by atoms with Gasteiger partial charge in [-0.15, -0.1) is 11.6 Å². The van der Waals surface area contributed by atoms with E-state index < -0.39 is 33.5 Å². The molecule has 8 heteroatoms. The summed E-state index contributed by atoms with van der Waals surface area (Å²) in [6.07, 6.45) is -1.83. The van der Waals surface area contributed by atoms with E-state index in [4.69, 9.17) is 11.6 Å². The molecule has 0 radical (unpaired) electrons. The molecule has 0 atom stereocenters. The monoisotopic (exact) mass is 291 g/mol. The van der Waals surface area contributed by atoms with Crippen molar-refractivity contribution in [3.63, 3.8) is 0 Å². The maximum atomic E-state index is 12.3.